The summed E-state index contributed by atoms with van der Waals surface area (Å²) in [5.41, 5.74) is 2.96. The van der Waals surface area contributed by atoms with Gasteiger partial charge in [0.1, 0.15) is 6.04 Å². The predicted octanol–water partition coefficient (Wildman–Crippen LogP) is 2.19. The first-order valence-electron chi connectivity index (χ1n) is 9.27. The number of nitrogens with zero attached hydrogens (tertiary/aromatic N) is 3. The van der Waals surface area contributed by atoms with Gasteiger partial charge in [-0.15, -0.1) is 0 Å². The third-order valence-corrected chi connectivity index (χ3v) is 4.97. The second-order valence-corrected chi connectivity index (χ2v) is 7.29. The lowest BCUT2D eigenvalue weighted by Crippen LogP contribution is -2.47. The molecule has 2 heterocycles. The Kier molecular flexibility index (Phi) is 4.98. The summed E-state index contributed by atoms with van der Waals surface area (Å²) in [5.74, 6) is -0.0159. The number of hydrogen-bond donors (Lipinski definition) is 2. The van der Waals surface area contributed by atoms with E-state index in [1.54, 1.807) is 11.6 Å². The fraction of sp³-hybridized carbons (Fsp3) is 0.579. The summed E-state index contributed by atoms with van der Waals surface area (Å²) in [5, 5.41) is 10.9. The summed E-state index contributed by atoms with van der Waals surface area (Å²) in [6, 6.07) is 1.33. The number of aromatic nitrogens is 3. The molecule has 26 heavy (non-hydrogen) atoms. The van der Waals surface area contributed by atoms with E-state index in [2.05, 4.69) is 15.7 Å². The normalized spacial score (nSPS) is 16.3. The highest BCUT2D eigenvalue weighted by Crippen LogP contribution is 2.40. The van der Waals surface area contributed by atoms with Crippen molar-refractivity contribution in [3.8, 4) is 0 Å². The number of rotatable bonds is 6. The van der Waals surface area contributed by atoms with Crippen LogP contribution in [0.4, 0.5) is 0 Å². The van der Waals surface area contributed by atoms with E-state index in [4.69, 9.17) is 4.98 Å². The van der Waals surface area contributed by atoms with Crippen LogP contribution in [0.2, 0.25) is 0 Å². The van der Waals surface area contributed by atoms with E-state index in [9.17, 15) is 9.59 Å². The molecular formula is C19H27N5O2. The molecule has 2 N–H and O–H groups in total. The Bertz CT molecular complexity index is 853. The third-order valence-electron chi connectivity index (χ3n) is 4.97. The molecule has 2 aromatic rings. The number of amides is 2. The number of aryl methyl sites for hydroxylation is 2. The maximum absolute atomic E-state index is 12.9. The number of hydrogen-bond acceptors (Lipinski definition) is 4. The Morgan fingerprint density at radius 3 is 2.62 bits per heavy atom. The van der Waals surface area contributed by atoms with Crippen molar-refractivity contribution >= 4 is 22.8 Å². The van der Waals surface area contributed by atoms with E-state index in [1.165, 1.54) is 0 Å². The second kappa shape index (κ2) is 7.05. The van der Waals surface area contributed by atoms with Gasteiger partial charge >= 0.3 is 0 Å². The molecule has 2 aromatic heterocycles. The lowest BCUT2D eigenvalue weighted by atomic mass is 10.1. The number of carbonyl (C=O) groups is 2. The molecule has 0 radical (unpaired) electrons. The molecule has 3 rings (SSSR count). The Morgan fingerprint density at radius 1 is 1.31 bits per heavy atom. The van der Waals surface area contributed by atoms with E-state index >= 15 is 0 Å². The highest BCUT2D eigenvalue weighted by atomic mass is 16.2. The van der Waals surface area contributed by atoms with Gasteiger partial charge in [0.15, 0.2) is 5.65 Å². The maximum atomic E-state index is 12.9. The van der Waals surface area contributed by atoms with Crippen molar-refractivity contribution in [1.82, 2.24) is 25.4 Å². The minimum atomic E-state index is -0.610. The molecule has 140 valence electrons. The zero-order valence-electron chi connectivity index (χ0n) is 16.1. The van der Waals surface area contributed by atoms with E-state index in [1.807, 2.05) is 33.9 Å². The fourth-order valence-corrected chi connectivity index (χ4v) is 3.04. The van der Waals surface area contributed by atoms with Crippen molar-refractivity contribution in [2.45, 2.75) is 65.0 Å². The fourth-order valence-electron chi connectivity index (χ4n) is 3.04. The van der Waals surface area contributed by atoms with Crippen molar-refractivity contribution in [2.24, 2.45) is 7.05 Å². The number of fused-ring (bicyclic) bond motifs is 1. The number of carbonyl (C=O) groups excluding carboxylic acids is 2. The smallest absolute Gasteiger partial charge is 0.252 e. The zero-order chi connectivity index (χ0) is 19.0. The first kappa shape index (κ1) is 18.4. The average molecular weight is 357 g/mol. The molecule has 2 amide bonds. The number of pyridine rings is 1. The Morgan fingerprint density at radius 2 is 2.00 bits per heavy atom. The van der Waals surface area contributed by atoms with Crippen LogP contribution in [0.1, 0.15) is 67.7 Å². The quantitative estimate of drug-likeness (QED) is 0.829. The first-order chi connectivity index (χ1) is 12.3. The van der Waals surface area contributed by atoms with Gasteiger partial charge in [0.25, 0.3) is 5.91 Å². The third kappa shape index (κ3) is 3.57. The van der Waals surface area contributed by atoms with E-state index in [-0.39, 0.29) is 17.9 Å². The minimum Gasteiger partial charge on any atom is -0.352 e. The summed E-state index contributed by atoms with van der Waals surface area (Å²) in [4.78, 5) is 29.9. The molecule has 1 aliphatic rings. The monoisotopic (exact) mass is 357 g/mol. The van der Waals surface area contributed by atoms with Crippen molar-refractivity contribution in [2.75, 3.05) is 0 Å². The van der Waals surface area contributed by atoms with E-state index in [0.29, 0.717) is 17.1 Å². The summed E-state index contributed by atoms with van der Waals surface area (Å²) in [7, 11) is 1.84. The van der Waals surface area contributed by atoms with Crippen molar-refractivity contribution in [1.29, 1.82) is 0 Å². The Hall–Kier alpha value is -2.44. The van der Waals surface area contributed by atoms with Crippen molar-refractivity contribution in [3.05, 3.63) is 23.0 Å². The Labute approximate surface area is 153 Å². The molecule has 0 bridgehead atoms. The first-order valence-corrected chi connectivity index (χ1v) is 9.27. The van der Waals surface area contributed by atoms with E-state index < -0.39 is 6.04 Å². The standard InChI is InChI=1S/C19H27N5O2/c1-6-10(2)20-18(25)12(4)21-19(26)14-9-15(13-7-8-13)22-17-16(14)11(3)23-24(17)5/h9-10,12-13H,6-8H2,1-5H3,(H,20,25)(H,21,26). The molecule has 7 heteroatoms. The second-order valence-electron chi connectivity index (χ2n) is 7.29. The van der Waals surface area contributed by atoms with Crippen LogP contribution in [0.15, 0.2) is 6.07 Å². The average Bonchev–Trinajstić information content (AvgIpc) is 3.41. The minimum absolute atomic E-state index is 0.0801. The zero-order valence-corrected chi connectivity index (χ0v) is 16.1. The van der Waals surface area contributed by atoms with Gasteiger partial charge in [-0.1, -0.05) is 6.92 Å². The molecule has 0 aromatic carbocycles. The SMILES string of the molecule is CCC(C)NC(=O)C(C)NC(=O)c1cc(C2CC2)nc2c1c(C)nn2C. The van der Waals surface area contributed by atoms with Crippen LogP contribution >= 0.6 is 0 Å². The molecule has 1 fully saturated rings. The van der Waals surface area contributed by atoms with Gasteiger partial charge in [-0.25, -0.2) is 4.98 Å². The van der Waals surface area contributed by atoms with Gasteiger partial charge in [0.2, 0.25) is 5.91 Å². The van der Waals surface area contributed by atoms with Crippen LogP contribution < -0.4 is 10.6 Å². The molecule has 2 unspecified atom stereocenters. The summed E-state index contributed by atoms with van der Waals surface area (Å²) < 4.78 is 1.71. The highest BCUT2D eigenvalue weighted by Gasteiger charge is 2.29. The van der Waals surface area contributed by atoms with Crippen LogP contribution in [-0.2, 0) is 11.8 Å². The van der Waals surface area contributed by atoms with Crippen LogP contribution in [0.5, 0.6) is 0 Å². The Balaban J connectivity index is 1.89. The van der Waals surface area contributed by atoms with Gasteiger partial charge in [-0.05, 0) is 46.1 Å². The van der Waals surface area contributed by atoms with Gasteiger partial charge in [0, 0.05) is 24.7 Å². The summed E-state index contributed by atoms with van der Waals surface area (Å²) >= 11 is 0. The van der Waals surface area contributed by atoms with Gasteiger partial charge in [0.05, 0.1) is 16.6 Å². The number of nitrogens with one attached hydrogen (secondary N) is 2. The lowest BCUT2D eigenvalue weighted by Gasteiger charge is -2.18. The molecular weight excluding hydrogens is 330 g/mol. The van der Waals surface area contributed by atoms with E-state index in [0.717, 1.165) is 36.0 Å². The van der Waals surface area contributed by atoms with Crippen LogP contribution in [0.3, 0.4) is 0 Å². The van der Waals surface area contributed by atoms with Crippen molar-refractivity contribution < 1.29 is 9.59 Å². The highest BCUT2D eigenvalue weighted by molar-refractivity contribution is 6.07. The van der Waals surface area contributed by atoms with Crippen LogP contribution in [-0.4, -0.2) is 38.7 Å². The summed E-state index contributed by atoms with van der Waals surface area (Å²) in [6.45, 7) is 7.52. The van der Waals surface area contributed by atoms with Crippen LogP contribution in [0.25, 0.3) is 11.0 Å². The molecule has 1 saturated carbocycles. The lowest BCUT2D eigenvalue weighted by molar-refractivity contribution is -0.123. The molecule has 0 aliphatic heterocycles. The molecule has 1 aliphatic carbocycles. The molecule has 0 saturated heterocycles. The summed E-state index contributed by atoms with van der Waals surface area (Å²) in [6.07, 6.45) is 3.05. The van der Waals surface area contributed by atoms with Gasteiger partial charge in [-0.2, -0.15) is 5.10 Å². The van der Waals surface area contributed by atoms with Crippen molar-refractivity contribution in [3.63, 3.8) is 0 Å². The van der Waals surface area contributed by atoms with Gasteiger partial charge < -0.3 is 10.6 Å². The largest absolute Gasteiger partial charge is 0.352 e. The predicted molar refractivity (Wildman–Crippen MR) is 100 cm³/mol. The molecule has 0 spiro atoms. The van der Waals surface area contributed by atoms with Crippen LogP contribution in [0, 0.1) is 6.92 Å². The molecule has 2 atom stereocenters. The molecule has 7 nitrogen and oxygen atoms in total. The van der Waals surface area contributed by atoms with Gasteiger partial charge in [-0.3, -0.25) is 14.3 Å². The topological polar surface area (TPSA) is 88.9 Å². The maximum Gasteiger partial charge on any atom is 0.252 e.